The number of hydrogen-bond acceptors (Lipinski definition) is 4. The summed E-state index contributed by atoms with van der Waals surface area (Å²) in [5.74, 6) is -0.345. The summed E-state index contributed by atoms with van der Waals surface area (Å²) >= 11 is 11.7. The molecule has 0 atom stereocenters. The Morgan fingerprint density at radius 1 is 1.16 bits per heavy atom. The Morgan fingerprint density at radius 3 is 2.26 bits per heavy atom. The molecule has 19 heavy (non-hydrogen) atoms. The van der Waals surface area contributed by atoms with E-state index < -0.39 is 0 Å². The third kappa shape index (κ3) is 3.20. The predicted molar refractivity (Wildman–Crippen MR) is 74.3 cm³/mol. The van der Waals surface area contributed by atoms with Crippen molar-refractivity contribution in [3.63, 3.8) is 0 Å². The van der Waals surface area contributed by atoms with E-state index in [2.05, 4.69) is 15.3 Å². The van der Waals surface area contributed by atoms with Gasteiger partial charge in [-0.25, -0.2) is 9.97 Å². The third-order valence-electron chi connectivity index (χ3n) is 2.45. The summed E-state index contributed by atoms with van der Waals surface area (Å²) in [6, 6.07) is 6.89. The number of amides is 1. The highest BCUT2D eigenvalue weighted by Gasteiger charge is 2.13. The van der Waals surface area contributed by atoms with Crippen LogP contribution in [0.15, 0.2) is 30.6 Å². The number of nitrogens with two attached hydrogens (primary N) is 1. The van der Waals surface area contributed by atoms with Crippen molar-refractivity contribution < 1.29 is 4.79 Å². The molecule has 2 aromatic rings. The maximum atomic E-state index is 12.0. The third-order valence-corrected chi connectivity index (χ3v) is 3.02. The number of halogens is 2. The van der Waals surface area contributed by atoms with Crippen molar-refractivity contribution in [2.75, 3.05) is 5.32 Å². The summed E-state index contributed by atoms with van der Waals surface area (Å²) < 4.78 is 0. The highest BCUT2D eigenvalue weighted by molar-refractivity contribution is 6.38. The lowest BCUT2D eigenvalue weighted by Gasteiger charge is -2.08. The minimum atomic E-state index is -0.345. The first-order chi connectivity index (χ1) is 9.11. The van der Waals surface area contributed by atoms with E-state index in [1.807, 2.05) is 0 Å². The molecule has 3 N–H and O–H groups in total. The second kappa shape index (κ2) is 5.97. The first-order valence-electron chi connectivity index (χ1n) is 5.38. The Bertz CT molecular complexity index is 581. The number of carbonyl (C=O) groups excluding carboxylic acids is 1. The lowest BCUT2D eigenvalue weighted by atomic mass is 10.1. The second-order valence-electron chi connectivity index (χ2n) is 3.69. The number of benzene rings is 1. The van der Waals surface area contributed by atoms with Crippen LogP contribution in [0.3, 0.4) is 0 Å². The molecule has 0 bridgehead atoms. The molecule has 0 aliphatic carbocycles. The van der Waals surface area contributed by atoms with E-state index in [0.717, 1.165) is 5.56 Å². The fraction of sp³-hybridized carbons (Fsp3) is 0.0833. The number of rotatable bonds is 3. The summed E-state index contributed by atoms with van der Waals surface area (Å²) in [5.41, 5.74) is 7.09. The molecule has 0 unspecified atom stereocenters. The zero-order valence-corrected chi connectivity index (χ0v) is 11.2. The summed E-state index contributed by atoms with van der Waals surface area (Å²) in [7, 11) is 0. The molecule has 98 valence electrons. The van der Waals surface area contributed by atoms with Crippen LogP contribution < -0.4 is 11.1 Å². The molecule has 1 amide bonds. The molecule has 1 aromatic heterocycles. The van der Waals surface area contributed by atoms with Gasteiger partial charge < -0.3 is 11.1 Å². The van der Waals surface area contributed by atoms with E-state index in [9.17, 15) is 4.79 Å². The van der Waals surface area contributed by atoms with Crippen LogP contribution in [0.25, 0.3) is 0 Å². The number of anilines is 1. The molecule has 0 aliphatic heterocycles. The van der Waals surface area contributed by atoms with Gasteiger partial charge in [0.15, 0.2) is 10.3 Å². The number of nitrogens with one attached hydrogen (secondary N) is 1. The first-order valence-corrected chi connectivity index (χ1v) is 6.13. The van der Waals surface area contributed by atoms with Crippen LogP contribution in [0.5, 0.6) is 0 Å². The smallest absolute Gasteiger partial charge is 0.255 e. The van der Waals surface area contributed by atoms with Gasteiger partial charge in [0.2, 0.25) is 0 Å². The molecular weight excluding hydrogens is 287 g/mol. The maximum absolute atomic E-state index is 12.0. The maximum Gasteiger partial charge on any atom is 0.255 e. The molecule has 0 fully saturated rings. The van der Waals surface area contributed by atoms with Gasteiger partial charge in [0, 0.05) is 12.1 Å². The van der Waals surface area contributed by atoms with Gasteiger partial charge in [-0.2, -0.15) is 0 Å². The molecule has 5 nitrogen and oxygen atoms in total. The minimum absolute atomic E-state index is 0.0897. The van der Waals surface area contributed by atoms with Crippen LogP contribution in [0, 0.1) is 0 Å². The Labute approximate surface area is 119 Å². The SMILES string of the molecule is NCc1ccc(C(=O)Nc2c(Cl)ncnc2Cl)cc1. The summed E-state index contributed by atoms with van der Waals surface area (Å²) in [4.78, 5) is 19.5. The van der Waals surface area contributed by atoms with Gasteiger partial charge >= 0.3 is 0 Å². The standard InChI is InChI=1S/C12H10Cl2N4O/c13-10-9(11(14)17-6-16-10)18-12(19)8-3-1-7(5-15)2-4-8/h1-4,6H,5,15H2,(H,18,19). The van der Waals surface area contributed by atoms with Gasteiger partial charge in [0.25, 0.3) is 5.91 Å². The van der Waals surface area contributed by atoms with Crippen molar-refractivity contribution in [2.45, 2.75) is 6.54 Å². The largest absolute Gasteiger partial charge is 0.326 e. The highest BCUT2D eigenvalue weighted by atomic mass is 35.5. The second-order valence-corrected chi connectivity index (χ2v) is 4.40. The van der Waals surface area contributed by atoms with Crippen LogP contribution in [-0.2, 0) is 6.54 Å². The number of carbonyl (C=O) groups is 1. The van der Waals surface area contributed by atoms with Crippen molar-refractivity contribution in [3.05, 3.63) is 52.0 Å². The van der Waals surface area contributed by atoms with Crippen molar-refractivity contribution in [1.29, 1.82) is 0 Å². The van der Waals surface area contributed by atoms with Crippen molar-refractivity contribution in [1.82, 2.24) is 9.97 Å². The molecule has 0 aliphatic rings. The number of hydrogen-bond donors (Lipinski definition) is 2. The van der Waals surface area contributed by atoms with E-state index in [1.165, 1.54) is 6.33 Å². The summed E-state index contributed by atoms with van der Waals surface area (Å²) in [6.07, 6.45) is 1.22. The average Bonchev–Trinajstić information content (AvgIpc) is 2.43. The van der Waals surface area contributed by atoms with Gasteiger partial charge in [0.05, 0.1) is 0 Å². The van der Waals surface area contributed by atoms with Crippen LogP contribution in [-0.4, -0.2) is 15.9 Å². The summed E-state index contributed by atoms with van der Waals surface area (Å²) in [6.45, 7) is 0.423. The van der Waals surface area contributed by atoms with Crippen LogP contribution in [0.4, 0.5) is 5.69 Å². The molecule has 0 radical (unpaired) electrons. The fourth-order valence-electron chi connectivity index (χ4n) is 1.43. The molecule has 0 saturated carbocycles. The van der Waals surface area contributed by atoms with E-state index in [1.54, 1.807) is 24.3 Å². The van der Waals surface area contributed by atoms with Crippen molar-refractivity contribution in [3.8, 4) is 0 Å². The zero-order valence-electron chi connectivity index (χ0n) is 9.73. The number of aromatic nitrogens is 2. The molecule has 0 saturated heterocycles. The topological polar surface area (TPSA) is 80.9 Å². The van der Waals surface area contributed by atoms with Crippen molar-refractivity contribution >= 4 is 34.8 Å². The number of nitrogens with zero attached hydrogens (tertiary/aromatic N) is 2. The zero-order chi connectivity index (χ0) is 13.8. The molecule has 1 aromatic carbocycles. The first kappa shape index (κ1) is 13.7. The van der Waals surface area contributed by atoms with Gasteiger partial charge in [-0.1, -0.05) is 35.3 Å². The van der Waals surface area contributed by atoms with Gasteiger partial charge in [-0.15, -0.1) is 0 Å². The van der Waals surface area contributed by atoms with E-state index in [-0.39, 0.29) is 21.9 Å². The average molecular weight is 297 g/mol. The monoisotopic (exact) mass is 296 g/mol. The minimum Gasteiger partial charge on any atom is -0.326 e. The van der Waals surface area contributed by atoms with E-state index in [4.69, 9.17) is 28.9 Å². The molecule has 0 spiro atoms. The quantitative estimate of drug-likeness (QED) is 0.853. The Hall–Kier alpha value is -1.69. The van der Waals surface area contributed by atoms with Crippen molar-refractivity contribution in [2.24, 2.45) is 5.73 Å². The lowest BCUT2D eigenvalue weighted by Crippen LogP contribution is -2.13. The lowest BCUT2D eigenvalue weighted by molar-refractivity contribution is 0.102. The normalized spacial score (nSPS) is 10.3. The molecule has 7 heteroatoms. The fourth-order valence-corrected chi connectivity index (χ4v) is 1.83. The van der Waals surface area contributed by atoms with E-state index >= 15 is 0 Å². The molecular formula is C12H10Cl2N4O. The Kier molecular flexibility index (Phi) is 4.31. The highest BCUT2D eigenvalue weighted by Crippen LogP contribution is 2.26. The predicted octanol–water partition coefficient (Wildman–Crippen LogP) is 2.49. The summed E-state index contributed by atoms with van der Waals surface area (Å²) in [5, 5.41) is 2.75. The van der Waals surface area contributed by atoms with Crippen LogP contribution in [0.2, 0.25) is 10.3 Å². The Morgan fingerprint density at radius 2 is 1.74 bits per heavy atom. The molecule has 2 rings (SSSR count). The van der Waals surface area contributed by atoms with Gasteiger partial charge in [-0.05, 0) is 17.7 Å². The van der Waals surface area contributed by atoms with Crippen LogP contribution >= 0.6 is 23.2 Å². The Balaban J connectivity index is 2.20. The van der Waals surface area contributed by atoms with Gasteiger partial charge in [0.1, 0.15) is 12.0 Å². The van der Waals surface area contributed by atoms with Gasteiger partial charge in [-0.3, -0.25) is 4.79 Å². The van der Waals surface area contributed by atoms with Crippen LogP contribution in [0.1, 0.15) is 15.9 Å². The van der Waals surface area contributed by atoms with E-state index in [0.29, 0.717) is 12.1 Å². The molecule has 1 heterocycles.